The summed E-state index contributed by atoms with van der Waals surface area (Å²) in [6.07, 6.45) is 10.5. The molecule has 0 saturated heterocycles. The van der Waals surface area contributed by atoms with Gasteiger partial charge in [-0.15, -0.1) is 0 Å². The third-order valence-corrected chi connectivity index (χ3v) is 4.31. The minimum atomic E-state index is -0.0389. The number of nitrogens with one attached hydrogen (secondary N) is 1. The topological polar surface area (TPSA) is 29.1 Å². The molecule has 1 amide bonds. The predicted octanol–water partition coefficient (Wildman–Crippen LogP) is 4.85. The number of hydrogen-bond acceptors (Lipinski definition) is 1. The van der Waals surface area contributed by atoms with Crippen LogP contribution in [0.15, 0.2) is 24.3 Å². The van der Waals surface area contributed by atoms with Gasteiger partial charge >= 0.3 is 0 Å². The molecule has 2 rings (SSSR count). The summed E-state index contributed by atoms with van der Waals surface area (Å²) in [6, 6.07) is 5.64. The molecule has 0 atom stereocenters. The average Bonchev–Trinajstić information content (AvgIpc) is 2.69. The van der Waals surface area contributed by atoms with Crippen LogP contribution in [0.3, 0.4) is 0 Å². The van der Waals surface area contributed by atoms with Crippen LogP contribution in [0.4, 0.5) is 0 Å². The van der Waals surface area contributed by atoms with Gasteiger partial charge in [0.15, 0.2) is 0 Å². The molecule has 0 bridgehead atoms. The standard InChI is InChI=1S/C16H19Cl2NO/c17-14-9-7-12(11-15(14)18)8-10-16(20)19-13-5-3-1-2-4-6-13/h7-11,13H,1-6H2,(H,19,20). The van der Waals surface area contributed by atoms with Crippen LogP contribution in [-0.2, 0) is 4.79 Å². The van der Waals surface area contributed by atoms with Crippen molar-refractivity contribution in [2.75, 3.05) is 0 Å². The van der Waals surface area contributed by atoms with Crippen molar-refractivity contribution in [3.63, 3.8) is 0 Å². The van der Waals surface area contributed by atoms with Crippen LogP contribution in [0.1, 0.15) is 44.1 Å². The first-order chi connectivity index (χ1) is 9.65. The molecule has 2 nitrogen and oxygen atoms in total. The van der Waals surface area contributed by atoms with Crippen LogP contribution < -0.4 is 5.32 Å². The molecule has 0 radical (unpaired) electrons. The first-order valence-corrected chi connectivity index (χ1v) is 7.84. The highest BCUT2D eigenvalue weighted by Gasteiger charge is 2.13. The molecule has 1 aromatic rings. The minimum absolute atomic E-state index is 0.0389. The van der Waals surface area contributed by atoms with Crippen LogP contribution in [-0.4, -0.2) is 11.9 Å². The van der Waals surface area contributed by atoms with Crippen LogP contribution in [0, 0.1) is 0 Å². The third-order valence-electron chi connectivity index (χ3n) is 3.57. The molecule has 108 valence electrons. The maximum absolute atomic E-state index is 11.9. The zero-order chi connectivity index (χ0) is 14.4. The Kier molecular flexibility index (Phi) is 5.93. The van der Waals surface area contributed by atoms with Gasteiger partial charge in [0.1, 0.15) is 0 Å². The van der Waals surface area contributed by atoms with Crippen molar-refractivity contribution < 1.29 is 4.79 Å². The van der Waals surface area contributed by atoms with Crippen molar-refractivity contribution in [3.8, 4) is 0 Å². The summed E-state index contributed by atoms with van der Waals surface area (Å²) in [5.41, 5.74) is 0.871. The van der Waals surface area contributed by atoms with Crippen LogP contribution in [0.2, 0.25) is 10.0 Å². The molecule has 1 aliphatic carbocycles. The van der Waals surface area contributed by atoms with Gasteiger partial charge in [0.2, 0.25) is 5.91 Å². The predicted molar refractivity (Wildman–Crippen MR) is 85.1 cm³/mol. The SMILES string of the molecule is O=C(C=Cc1ccc(Cl)c(Cl)c1)NC1CCCCCC1. The molecule has 1 N–H and O–H groups in total. The Morgan fingerprint density at radius 3 is 2.45 bits per heavy atom. The highest BCUT2D eigenvalue weighted by atomic mass is 35.5. The second-order valence-corrected chi connectivity index (χ2v) is 6.02. The second-order valence-electron chi connectivity index (χ2n) is 5.20. The second kappa shape index (κ2) is 7.70. The molecule has 1 aliphatic rings. The van der Waals surface area contributed by atoms with E-state index >= 15 is 0 Å². The van der Waals surface area contributed by atoms with E-state index in [1.165, 1.54) is 25.7 Å². The first-order valence-electron chi connectivity index (χ1n) is 7.09. The monoisotopic (exact) mass is 311 g/mol. The number of halogens is 2. The van der Waals surface area contributed by atoms with E-state index in [1.807, 2.05) is 6.07 Å². The summed E-state index contributed by atoms with van der Waals surface area (Å²) in [4.78, 5) is 11.9. The smallest absolute Gasteiger partial charge is 0.244 e. The Morgan fingerprint density at radius 2 is 1.80 bits per heavy atom. The summed E-state index contributed by atoms with van der Waals surface area (Å²) in [6.45, 7) is 0. The van der Waals surface area contributed by atoms with E-state index in [2.05, 4.69) is 5.32 Å². The molecule has 0 unspecified atom stereocenters. The molecular weight excluding hydrogens is 293 g/mol. The van der Waals surface area contributed by atoms with Crippen molar-refractivity contribution in [2.24, 2.45) is 0 Å². The molecule has 1 aromatic carbocycles. The summed E-state index contributed by atoms with van der Waals surface area (Å²) in [5, 5.41) is 4.09. The van der Waals surface area contributed by atoms with Gasteiger partial charge in [0.25, 0.3) is 0 Å². The molecular formula is C16H19Cl2NO. The lowest BCUT2D eigenvalue weighted by atomic mass is 10.1. The molecule has 20 heavy (non-hydrogen) atoms. The van der Waals surface area contributed by atoms with Gasteiger partial charge in [-0.25, -0.2) is 0 Å². The Balaban J connectivity index is 1.89. The van der Waals surface area contributed by atoms with Gasteiger partial charge in [0, 0.05) is 12.1 Å². The number of rotatable bonds is 3. The summed E-state index contributed by atoms with van der Waals surface area (Å²) < 4.78 is 0. The quantitative estimate of drug-likeness (QED) is 0.627. The molecule has 0 spiro atoms. The Bertz CT molecular complexity index is 491. The summed E-state index contributed by atoms with van der Waals surface area (Å²) in [7, 11) is 0. The van der Waals surface area contributed by atoms with Crippen molar-refractivity contribution in [3.05, 3.63) is 39.9 Å². The lowest BCUT2D eigenvalue weighted by Crippen LogP contribution is -2.33. The number of amides is 1. The largest absolute Gasteiger partial charge is 0.350 e. The Hall–Kier alpha value is -0.990. The van der Waals surface area contributed by atoms with Gasteiger partial charge in [0.05, 0.1) is 10.0 Å². The number of carbonyl (C=O) groups excluding carboxylic acids is 1. The summed E-state index contributed by atoms with van der Waals surface area (Å²) >= 11 is 11.8. The third kappa shape index (κ3) is 4.84. The van der Waals surface area contributed by atoms with Crippen LogP contribution >= 0.6 is 23.2 Å². The number of carbonyl (C=O) groups is 1. The van der Waals surface area contributed by atoms with E-state index in [0.29, 0.717) is 16.1 Å². The van der Waals surface area contributed by atoms with E-state index in [1.54, 1.807) is 24.3 Å². The number of benzene rings is 1. The maximum atomic E-state index is 11.9. The normalized spacial score (nSPS) is 17.1. The maximum Gasteiger partial charge on any atom is 0.244 e. The van der Waals surface area contributed by atoms with Gasteiger partial charge in [-0.05, 0) is 36.6 Å². The highest BCUT2D eigenvalue weighted by molar-refractivity contribution is 6.42. The van der Waals surface area contributed by atoms with Gasteiger partial charge in [-0.2, -0.15) is 0 Å². The zero-order valence-electron chi connectivity index (χ0n) is 11.4. The fourth-order valence-electron chi connectivity index (χ4n) is 2.46. The fourth-order valence-corrected chi connectivity index (χ4v) is 2.77. The Labute approximate surface area is 130 Å². The van der Waals surface area contributed by atoms with Crippen molar-refractivity contribution >= 4 is 35.2 Å². The van der Waals surface area contributed by atoms with Crippen LogP contribution in [0.5, 0.6) is 0 Å². The zero-order valence-corrected chi connectivity index (χ0v) is 12.9. The molecule has 0 aliphatic heterocycles. The molecule has 1 fully saturated rings. The molecule has 0 heterocycles. The first kappa shape index (κ1) is 15.4. The van der Waals surface area contributed by atoms with E-state index in [4.69, 9.17) is 23.2 Å². The van der Waals surface area contributed by atoms with E-state index in [0.717, 1.165) is 18.4 Å². The van der Waals surface area contributed by atoms with Gasteiger partial charge in [-0.3, -0.25) is 4.79 Å². The molecule has 1 saturated carbocycles. The van der Waals surface area contributed by atoms with Crippen molar-refractivity contribution in [1.29, 1.82) is 0 Å². The van der Waals surface area contributed by atoms with Crippen molar-refractivity contribution in [2.45, 2.75) is 44.6 Å². The van der Waals surface area contributed by atoms with Crippen LogP contribution in [0.25, 0.3) is 6.08 Å². The average molecular weight is 312 g/mol. The van der Waals surface area contributed by atoms with E-state index in [-0.39, 0.29) is 5.91 Å². The Morgan fingerprint density at radius 1 is 1.10 bits per heavy atom. The molecule has 4 heteroatoms. The van der Waals surface area contributed by atoms with Crippen molar-refractivity contribution in [1.82, 2.24) is 5.32 Å². The molecule has 0 aromatic heterocycles. The van der Waals surface area contributed by atoms with E-state index < -0.39 is 0 Å². The minimum Gasteiger partial charge on any atom is -0.350 e. The van der Waals surface area contributed by atoms with Gasteiger partial charge < -0.3 is 5.32 Å². The number of hydrogen-bond donors (Lipinski definition) is 1. The van der Waals surface area contributed by atoms with E-state index in [9.17, 15) is 4.79 Å². The summed E-state index contributed by atoms with van der Waals surface area (Å²) in [5.74, 6) is -0.0389. The van der Waals surface area contributed by atoms with Gasteiger partial charge in [-0.1, -0.05) is 55.0 Å². The lowest BCUT2D eigenvalue weighted by molar-refractivity contribution is -0.117. The highest BCUT2D eigenvalue weighted by Crippen LogP contribution is 2.23. The fraction of sp³-hybridized carbons (Fsp3) is 0.438. The lowest BCUT2D eigenvalue weighted by Gasteiger charge is -2.14.